The predicted molar refractivity (Wildman–Crippen MR) is 69.6 cm³/mol. The zero-order chi connectivity index (χ0) is 11.8. The SMILES string of the molecule is C=CC1=NCC=C/C(OC)=C\C/C=C\1C=C. The zero-order valence-electron chi connectivity index (χ0n) is 9.65. The minimum absolute atomic E-state index is 0.618. The van der Waals surface area contributed by atoms with Crippen LogP contribution >= 0.6 is 0 Å². The number of rotatable bonds is 3. The Morgan fingerprint density at radius 3 is 2.75 bits per heavy atom. The van der Waals surface area contributed by atoms with Crippen LogP contribution < -0.4 is 0 Å². The largest absolute Gasteiger partial charge is 0.497 e. The highest BCUT2D eigenvalue weighted by Gasteiger charge is 1.99. The van der Waals surface area contributed by atoms with Gasteiger partial charge >= 0.3 is 0 Å². The van der Waals surface area contributed by atoms with Crippen molar-refractivity contribution < 1.29 is 4.74 Å². The second-order valence-electron chi connectivity index (χ2n) is 3.24. The van der Waals surface area contributed by atoms with E-state index in [9.17, 15) is 0 Å². The molecule has 0 amide bonds. The number of hydrogen-bond acceptors (Lipinski definition) is 2. The third-order valence-electron chi connectivity index (χ3n) is 2.25. The smallest absolute Gasteiger partial charge is 0.114 e. The van der Waals surface area contributed by atoms with Crippen LogP contribution in [0.4, 0.5) is 0 Å². The topological polar surface area (TPSA) is 21.6 Å². The lowest BCUT2D eigenvalue weighted by atomic mass is 10.1. The van der Waals surface area contributed by atoms with E-state index in [0.717, 1.165) is 23.5 Å². The molecule has 1 rings (SSSR count). The van der Waals surface area contributed by atoms with Crippen molar-refractivity contribution in [3.63, 3.8) is 0 Å². The third-order valence-corrected chi connectivity index (χ3v) is 2.25. The normalized spacial score (nSPS) is 23.2. The lowest BCUT2D eigenvalue weighted by molar-refractivity contribution is 0.305. The van der Waals surface area contributed by atoms with Crippen molar-refractivity contribution >= 4 is 5.71 Å². The molecule has 2 nitrogen and oxygen atoms in total. The fraction of sp³-hybridized carbons (Fsp3) is 0.214. The monoisotopic (exact) mass is 215 g/mol. The summed E-state index contributed by atoms with van der Waals surface area (Å²) in [7, 11) is 1.67. The van der Waals surface area contributed by atoms with Gasteiger partial charge in [0.1, 0.15) is 5.76 Å². The van der Waals surface area contributed by atoms with Gasteiger partial charge in [-0.15, -0.1) is 0 Å². The summed E-state index contributed by atoms with van der Waals surface area (Å²) in [4.78, 5) is 4.41. The van der Waals surface area contributed by atoms with Gasteiger partial charge in [0.05, 0.1) is 19.4 Å². The molecular weight excluding hydrogens is 198 g/mol. The molecule has 84 valence electrons. The molecular formula is C14H17NO. The number of ether oxygens (including phenoxy) is 1. The molecule has 0 N–H and O–H groups in total. The maximum atomic E-state index is 5.20. The first kappa shape index (κ1) is 12.2. The van der Waals surface area contributed by atoms with Crippen LogP contribution in [0.25, 0.3) is 0 Å². The second-order valence-corrected chi connectivity index (χ2v) is 3.24. The Labute approximate surface area is 97.0 Å². The number of methoxy groups -OCH3 is 1. The van der Waals surface area contributed by atoms with Gasteiger partial charge < -0.3 is 4.74 Å². The summed E-state index contributed by atoms with van der Waals surface area (Å²) in [6.45, 7) is 8.16. The molecule has 0 saturated carbocycles. The molecule has 16 heavy (non-hydrogen) atoms. The minimum Gasteiger partial charge on any atom is -0.497 e. The molecule has 2 heteroatoms. The predicted octanol–water partition coefficient (Wildman–Crippen LogP) is 3.22. The fourth-order valence-corrected chi connectivity index (χ4v) is 1.41. The van der Waals surface area contributed by atoms with Gasteiger partial charge in [-0.05, 0) is 30.2 Å². The molecule has 0 atom stereocenters. The Kier molecular flexibility index (Phi) is 5.06. The highest BCUT2D eigenvalue weighted by atomic mass is 16.5. The molecule has 0 unspecified atom stereocenters. The van der Waals surface area contributed by atoms with Crippen molar-refractivity contribution in [1.29, 1.82) is 0 Å². The van der Waals surface area contributed by atoms with Crippen LogP contribution in [0, 0.1) is 0 Å². The van der Waals surface area contributed by atoms with E-state index in [-0.39, 0.29) is 0 Å². The van der Waals surface area contributed by atoms with Gasteiger partial charge in [0.25, 0.3) is 0 Å². The number of nitrogens with zero attached hydrogens (tertiary/aromatic N) is 1. The second kappa shape index (κ2) is 6.62. The first-order chi connectivity index (χ1) is 7.81. The molecule has 0 aromatic rings. The van der Waals surface area contributed by atoms with E-state index < -0.39 is 0 Å². The highest BCUT2D eigenvalue weighted by Crippen LogP contribution is 2.08. The van der Waals surface area contributed by atoms with E-state index in [4.69, 9.17) is 4.74 Å². The Morgan fingerprint density at radius 2 is 2.12 bits per heavy atom. The van der Waals surface area contributed by atoms with Crippen molar-refractivity contribution in [3.05, 3.63) is 60.9 Å². The molecule has 0 fully saturated rings. The van der Waals surface area contributed by atoms with Crippen molar-refractivity contribution in [1.82, 2.24) is 0 Å². The first-order valence-corrected chi connectivity index (χ1v) is 5.22. The summed E-state index contributed by atoms with van der Waals surface area (Å²) in [6, 6.07) is 0. The van der Waals surface area contributed by atoms with E-state index in [1.54, 1.807) is 19.3 Å². The van der Waals surface area contributed by atoms with Crippen molar-refractivity contribution in [3.8, 4) is 0 Å². The standard InChI is InChI=1S/C14H17NO/c1-4-12-8-6-9-13(16-3)10-7-11-15-14(12)5-2/h4-5,7-10H,1-2,6,11H2,3H3/b10-7?,12-8-,13-9+,15-14?. The van der Waals surface area contributed by atoms with Crippen LogP contribution in [0.1, 0.15) is 6.42 Å². The van der Waals surface area contributed by atoms with Crippen LogP contribution in [0.2, 0.25) is 0 Å². The molecule has 0 saturated heterocycles. The number of hydrogen-bond donors (Lipinski definition) is 0. The van der Waals surface area contributed by atoms with E-state index in [1.165, 1.54) is 0 Å². The summed E-state index contributed by atoms with van der Waals surface area (Å²) >= 11 is 0. The maximum Gasteiger partial charge on any atom is 0.114 e. The van der Waals surface area contributed by atoms with Crippen LogP contribution in [0.3, 0.4) is 0 Å². The van der Waals surface area contributed by atoms with E-state index in [1.807, 2.05) is 18.2 Å². The summed E-state index contributed by atoms with van der Waals surface area (Å²) in [6.07, 6.45) is 12.3. The van der Waals surface area contributed by atoms with Gasteiger partial charge in [0.15, 0.2) is 0 Å². The van der Waals surface area contributed by atoms with Crippen LogP contribution in [-0.2, 0) is 4.74 Å². The Morgan fingerprint density at radius 1 is 1.31 bits per heavy atom. The average molecular weight is 215 g/mol. The maximum absolute atomic E-state index is 5.20. The molecule has 0 aliphatic carbocycles. The van der Waals surface area contributed by atoms with Crippen LogP contribution in [0.15, 0.2) is 65.9 Å². The highest BCUT2D eigenvalue weighted by molar-refractivity contribution is 6.10. The van der Waals surface area contributed by atoms with E-state index in [0.29, 0.717) is 6.54 Å². The molecule has 0 aromatic carbocycles. The summed E-state index contributed by atoms with van der Waals surface area (Å²) < 4.78 is 5.20. The molecule has 1 aliphatic rings. The minimum atomic E-state index is 0.618. The lowest BCUT2D eigenvalue weighted by Crippen LogP contribution is -1.98. The van der Waals surface area contributed by atoms with Crippen molar-refractivity contribution in [2.45, 2.75) is 6.42 Å². The zero-order valence-corrected chi connectivity index (χ0v) is 9.65. The molecule has 0 bridgehead atoms. The van der Waals surface area contributed by atoms with Gasteiger partial charge in [-0.2, -0.15) is 0 Å². The fourth-order valence-electron chi connectivity index (χ4n) is 1.41. The van der Waals surface area contributed by atoms with Gasteiger partial charge in [-0.25, -0.2) is 0 Å². The summed E-state index contributed by atoms with van der Waals surface area (Å²) in [5, 5.41) is 0. The first-order valence-electron chi connectivity index (χ1n) is 5.22. The molecule has 0 radical (unpaired) electrons. The molecule has 1 heterocycles. The van der Waals surface area contributed by atoms with Gasteiger partial charge in [-0.3, -0.25) is 4.99 Å². The lowest BCUT2D eigenvalue weighted by Gasteiger charge is -2.04. The van der Waals surface area contributed by atoms with E-state index in [2.05, 4.69) is 24.2 Å². The van der Waals surface area contributed by atoms with Crippen LogP contribution in [0.5, 0.6) is 0 Å². The number of aliphatic imine (C=N–C) groups is 1. The quantitative estimate of drug-likeness (QED) is 0.708. The van der Waals surface area contributed by atoms with Crippen molar-refractivity contribution in [2.24, 2.45) is 4.99 Å². The van der Waals surface area contributed by atoms with Gasteiger partial charge in [0, 0.05) is 0 Å². The molecule has 0 aromatic heterocycles. The van der Waals surface area contributed by atoms with Gasteiger partial charge in [0.2, 0.25) is 0 Å². The Bertz CT molecular complexity index is 384. The van der Waals surface area contributed by atoms with Gasteiger partial charge in [-0.1, -0.05) is 31.4 Å². The molecule has 0 spiro atoms. The van der Waals surface area contributed by atoms with E-state index >= 15 is 0 Å². The average Bonchev–Trinajstić information content (AvgIpc) is 2.34. The number of allylic oxidation sites excluding steroid dienone is 6. The van der Waals surface area contributed by atoms with Crippen LogP contribution in [-0.4, -0.2) is 19.4 Å². The summed E-state index contributed by atoms with van der Waals surface area (Å²) in [5.74, 6) is 0.858. The Balaban J connectivity index is 2.99. The molecule has 1 aliphatic heterocycles. The Hall–Kier alpha value is -1.83. The van der Waals surface area contributed by atoms with Crippen molar-refractivity contribution in [2.75, 3.05) is 13.7 Å². The summed E-state index contributed by atoms with van der Waals surface area (Å²) in [5.41, 5.74) is 1.89. The third kappa shape index (κ3) is 3.39.